The van der Waals surface area contributed by atoms with Crippen molar-refractivity contribution < 1.29 is 0 Å². The summed E-state index contributed by atoms with van der Waals surface area (Å²) in [6.45, 7) is 12.1. The van der Waals surface area contributed by atoms with Crippen LogP contribution in [0.2, 0.25) is 0 Å². The lowest BCUT2D eigenvalue weighted by Crippen LogP contribution is -2.20. The maximum Gasteiger partial charge on any atom is -0.0351 e. The maximum atomic E-state index is 2.49. The molecule has 3 N–H and O–H groups in total. The Morgan fingerprint density at radius 1 is 0.364 bits per heavy atom. The Hall–Kier alpha value is -0.270. The van der Waals surface area contributed by atoms with Crippen LogP contribution in [0.4, 0.5) is 0 Å². The number of halogens is 1. The Morgan fingerprint density at radius 2 is 0.591 bits per heavy atom. The van der Waals surface area contributed by atoms with Crippen LogP contribution in [-0.4, -0.2) is 0 Å². The minimum absolute atomic E-state index is 0. The molecule has 0 amide bonds. The lowest BCUT2D eigenvalue weighted by Gasteiger charge is -2.31. The van der Waals surface area contributed by atoms with Gasteiger partial charge in [-0.2, -0.15) is 0 Å². The molecule has 0 saturated heterocycles. The molecular formula is C42H86ClN. The minimum Gasteiger partial charge on any atom is -0.344 e. The van der Waals surface area contributed by atoms with Gasteiger partial charge in [-0.3, -0.25) is 0 Å². The second-order valence-corrected chi connectivity index (χ2v) is 14.9. The first-order valence-corrected chi connectivity index (χ1v) is 19.8. The predicted molar refractivity (Wildman–Crippen MR) is 208 cm³/mol. The molecule has 0 aromatic rings. The molecule has 0 aliphatic carbocycles. The van der Waals surface area contributed by atoms with E-state index >= 15 is 0 Å². The second kappa shape index (κ2) is 38.9. The SMILES string of the molecule is CCCCCCCC/C=C\CCCCCCCCCC(CCCCCCCC/C=C\CCCCCCCC)C(C)(C)C.Cl.N. The second-order valence-electron chi connectivity index (χ2n) is 14.9. The summed E-state index contributed by atoms with van der Waals surface area (Å²) in [5, 5.41) is 0. The van der Waals surface area contributed by atoms with Gasteiger partial charge in [0.25, 0.3) is 0 Å². The van der Waals surface area contributed by atoms with E-state index in [1.165, 1.54) is 199 Å². The summed E-state index contributed by atoms with van der Waals surface area (Å²) < 4.78 is 0. The first-order chi connectivity index (χ1) is 20.5. The molecule has 1 nitrogen and oxygen atoms in total. The number of rotatable bonds is 33. The van der Waals surface area contributed by atoms with Crippen LogP contribution in [0.1, 0.15) is 234 Å². The van der Waals surface area contributed by atoms with Crippen molar-refractivity contribution in [1.29, 1.82) is 0 Å². The third-order valence-corrected chi connectivity index (χ3v) is 9.60. The summed E-state index contributed by atoms with van der Waals surface area (Å²) in [5.74, 6) is 0.914. The van der Waals surface area contributed by atoms with Gasteiger partial charge in [0.1, 0.15) is 0 Å². The smallest absolute Gasteiger partial charge is 0.0351 e. The third-order valence-electron chi connectivity index (χ3n) is 9.60. The Labute approximate surface area is 287 Å². The molecule has 0 aromatic carbocycles. The molecule has 0 aliphatic heterocycles. The monoisotopic (exact) mass is 640 g/mol. The van der Waals surface area contributed by atoms with Crippen molar-refractivity contribution in [1.82, 2.24) is 6.15 Å². The lowest BCUT2D eigenvalue weighted by atomic mass is 9.75. The van der Waals surface area contributed by atoms with Gasteiger partial charge in [0.15, 0.2) is 0 Å². The summed E-state index contributed by atoms with van der Waals surface area (Å²) in [6, 6.07) is 0. The van der Waals surface area contributed by atoms with Gasteiger partial charge in [0.2, 0.25) is 0 Å². The van der Waals surface area contributed by atoms with Crippen molar-refractivity contribution in [2.75, 3.05) is 0 Å². The first kappa shape index (κ1) is 48.1. The molecular weight excluding hydrogens is 554 g/mol. The van der Waals surface area contributed by atoms with Gasteiger partial charge >= 0.3 is 0 Å². The van der Waals surface area contributed by atoms with Crippen LogP contribution in [0.3, 0.4) is 0 Å². The fourth-order valence-corrected chi connectivity index (χ4v) is 6.46. The molecule has 0 bridgehead atoms. The van der Waals surface area contributed by atoms with E-state index in [1.54, 1.807) is 0 Å². The van der Waals surface area contributed by atoms with E-state index in [-0.39, 0.29) is 18.6 Å². The third kappa shape index (κ3) is 37.9. The van der Waals surface area contributed by atoms with E-state index in [0.717, 1.165) is 5.92 Å². The van der Waals surface area contributed by atoms with Crippen molar-refractivity contribution in [3.63, 3.8) is 0 Å². The zero-order valence-corrected chi connectivity index (χ0v) is 32.2. The average molecular weight is 641 g/mol. The average Bonchev–Trinajstić information content (AvgIpc) is 2.96. The summed E-state index contributed by atoms with van der Waals surface area (Å²) in [5.41, 5.74) is 0.477. The molecule has 0 rings (SSSR count). The van der Waals surface area contributed by atoms with E-state index < -0.39 is 0 Å². The van der Waals surface area contributed by atoms with Gasteiger partial charge in [-0.1, -0.05) is 194 Å². The van der Waals surface area contributed by atoms with Crippen LogP contribution in [0.25, 0.3) is 0 Å². The van der Waals surface area contributed by atoms with E-state index in [4.69, 9.17) is 0 Å². The van der Waals surface area contributed by atoms with E-state index in [2.05, 4.69) is 58.9 Å². The van der Waals surface area contributed by atoms with Crippen LogP contribution in [-0.2, 0) is 0 Å². The Bertz CT molecular complexity index is 561. The van der Waals surface area contributed by atoms with Crippen molar-refractivity contribution in [2.24, 2.45) is 11.3 Å². The standard InChI is InChI=1S/C42H82.ClH.H3N/c1-6-8-10-12-14-16-18-20-22-24-26-28-30-32-34-36-38-40-41(42(3,4)5)39-37-35-33-31-29-27-25-23-21-19-17-15-13-11-9-7-2;;/h20-23,41H,6-19,24-40H2,1-5H3;1H;1H3/b22-20-,23-21-;;. The van der Waals surface area contributed by atoms with Gasteiger partial charge in [-0.05, 0) is 75.5 Å². The quantitative estimate of drug-likeness (QED) is 0.0562. The van der Waals surface area contributed by atoms with Gasteiger partial charge in [0.05, 0.1) is 0 Å². The van der Waals surface area contributed by atoms with Crippen LogP contribution < -0.4 is 6.15 Å². The lowest BCUT2D eigenvalue weighted by molar-refractivity contribution is 0.201. The highest BCUT2D eigenvalue weighted by Gasteiger charge is 2.23. The normalized spacial score (nSPS) is 12.6. The molecule has 266 valence electrons. The molecule has 0 fully saturated rings. The molecule has 0 aliphatic rings. The Morgan fingerprint density at radius 3 is 0.841 bits per heavy atom. The Kier molecular flexibility index (Phi) is 42.6. The summed E-state index contributed by atoms with van der Waals surface area (Å²) in [6.07, 6.45) is 53.6. The fourth-order valence-electron chi connectivity index (χ4n) is 6.46. The molecule has 0 spiro atoms. The maximum absolute atomic E-state index is 2.49. The van der Waals surface area contributed by atoms with Crippen molar-refractivity contribution in [3.05, 3.63) is 24.3 Å². The van der Waals surface area contributed by atoms with Crippen molar-refractivity contribution in [3.8, 4) is 0 Å². The highest BCUT2D eigenvalue weighted by atomic mass is 35.5. The molecule has 0 radical (unpaired) electrons. The minimum atomic E-state index is 0. The summed E-state index contributed by atoms with van der Waals surface area (Å²) in [7, 11) is 0. The van der Waals surface area contributed by atoms with E-state index in [9.17, 15) is 0 Å². The van der Waals surface area contributed by atoms with Crippen LogP contribution >= 0.6 is 12.4 Å². The summed E-state index contributed by atoms with van der Waals surface area (Å²) >= 11 is 0. The topological polar surface area (TPSA) is 35.0 Å². The highest BCUT2D eigenvalue weighted by Crippen LogP contribution is 2.34. The van der Waals surface area contributed by atoms with Crippen molar-refractivity contribution in [2.45, 2.75) is 234 Å². The molecule has 0 saturated carbocycles. The van der Waals surface area contributed by atoms with E-state index in [1.807, 2.05) is 0 Å². The molecule has 0 heterocycles. The van der Waals surface area contributed by atoms with Crippen LogP contribution in [0.5, 0.6) is 0 Å². The molecule has 2 heteroatoms. The highest BCUT2D eigenvalue weighted by molar-refractivity contribution is 5.85. The largest absolute Gasteiger partial charge is 0.344 e. The van der Waals surface area contributed by atoms with Gasteiger partial charge in [-0.15, -0.1) is 12.4 Å². The predicted octanol–water partition coefficient (Wildman–Crippen LogP) is 16.5. The van der Waals surface area contributed by atoms with Gasteiger partial charge < -0.3 is 6.15 Å². The summed E-state index contributed by atoms with van der Waals surface area (Å²) in [4.78, 5) is 0. The molecule has 1 atom stereocenters. The molecule has 0 aromatic heterocycles. The number of hydrogen-bond acceptors (Lipinski definition) is 1. The molecule has 44 heavy (non-hydrogen) atoms. The van der Waals surface area contributed by atoms with E-state index in [0.29, 0.717) is 5.41 Å². The zero-order chi connectivity index (χ0) is 30.8. The number of hydrogen-bond donors (Lipinski definition) is 1. The zero-order valence-electron chi connectivity index (χ0n) is 31.4. The van der Waals surface area contributed by atoms with Gasteiger partial charge in [0, 0.05) is 0 Å². The number of unbranched alkanes of at least 4 members (excludes halogenated alkanes) is 25. The van der Waals surface area contributed by atoms with Crippen molar-refractivity contribution >= 4 is 12.4 Å². The fraction of sp³-hybridized carbons (Fsp3) is 0.905. The number of allylic oxidation sites excluding steroid dienone is 4. The Balaban J connectivity index is -0.00000840. The molecule has 1 unspecified atom stereocenters. The van der Waals surface area contributed by atoms with Crippen LogP contribution in [0.15, 0.2) is 24.3 Å². The van der Waals surface area contributed by atoms with Gasteiger partial charge in [-0.25, -0.2) is 0 Å². The van der Waals surface area contributed by atoms with Crippen LogP contribution in [0, 0.1) is 11.3 Å². The first-order valence-electron chi connectivity index (χ1n) is 19.8.